The van der Waals surface area contributed by atoms with Crippen LogP contribution in [0, 0.1) is 0 Å². The second-order valence-electron chi connectivity index (χ2n) is 3.22. The van der Waals surface area contributed by atoms with Crippen LogP contribution in [0.15, 0.2) is 52.6 Å². The molecule has 0 aliphatic carbocycles. The molecule has 3 aromatic rings. The predicted molar refractivity (Wildman–Crippen MR) is 61.8 cm³/mol. The minimum atomic E-state index is 0.937. The Morgan fingerprint density at radius 2 is 2.13 bits per heavy atom. The first kappa shape index (κ1) is 8.56. The number of hydrogen-bond acceptors (Lipinski definition) is 2. The molecule has 15 heavy (non-hydrogen) atoms. The average Bonchev–Trinajstić information content (AvgIpc) is 3.01. The maximum absolute atomic E-state index is 5.52. The summed E-state index contributed by atoms with van der Waals surface area (Å²) >= 11 is 1.68. The minimum Gasteiger partial charge on any atom is -0.463 e. The van der Waals surface area contributed by atoms with E-state index >= 15 is 0 Å². The van der Waals surface area contributed by atoms with E-state index in [9.17, 15) is 0 Å². The van der Waals surface area contributed by atoms with Crippen LogP contribution in [0.25, 0.3) is 21.9 Å². The number of nitrogens with one attached hydrogen (secondary N) is 1. The van der Waals surface area contributed by atoms with E-state index in [0.717, 1.165) is 21.9 Å². The molecule has 74 valence electrons. The Hall–Kier alpha value is -1.74. The molecule has 0 spiro atoms. The molecular weight excluding hydrogens is 206 g/mol. The van der Waals surface area contributed by atoms with E-state index < -0.39 is 0 Å². The molecule has 0 aromatic carbocycles. The summed E-state index contributed by atoms with van der Waals surface area (Å²) in [4.78, 5) is 4.34. The van der Waals surface area contributed by atoms with Gasteiger partial charge in [-0.05, 0) is 29.6 Å². The van der Waals surface area contributed by atoms with Crippen molar-refractivity contribution in [2.75, 3.05) is 0 Å². The van der Waals surface area contributed by atoms with E-state index in [2.05, 4.69) is 16.4 Å². The Morgan fingerprint density at radius 3 is 2.87 bits per heavy atom. The van der Waals surface area contributed by atoms with E-state index in [1.165, 1.54) is 0 Å². The molecule has 0 atom stereocenters. The van der Waals surface area contributed by atoms with E-state index in [0.29, 0.717) is 0 Å². The van der Waals surface area contributed by atoms with Crippen molar-refractivity contribution in [3.8, 4) is 21.9 Å². The Balaban J connectivity index is 2.15. The molecule has 0 amide bonds. The van der Waals surface area contributed by atoms with Crippen LogP contribution in [0.5, 0.6) is 0 Å². The number of rotatable bonds is 2. The lowest BCUT2D eigenvalue weighted by molar-refractivity contribution is 0.584. The summed E-state index contributed by atoms with van der Waals surface area (Å²) in [5, 5.41) is 2.05. The van der Waals surface area contributed by atoms with Gasteiger partial charge in [0.25, 0.3) is 0 Å². The van der Waals surface area contributed by atoms with E-state index in [4.69, 9.17) is 4.42 Å². The highest BCUT2D eigenvalue weighted by Crippen LogP contribution is 2.34. The van der Waals surface area contributed by atoms with Crippen molar-refractivity contribution in [2.45, 2.75) is 0 Å². The highest BCUT2D eigenvalue weighted by Gasteiger charge is 2.11. The van der Waals surface area contributed by atoms with Crippen molar-refractivity contribution in [2.24, 2.45) is 0 Å². The van der Waals surface area contributed by atoms with Gasteiger partial charge < -0.3 is 9.40 Å². The quantitative estimate of drug-likeness (QED) is 0.687. The number of furan rings is 1. The summed E-state index contributed by atoms with van der Waals surface area (Å²) in [5.74, 6) is 0.937. The Labute approximate surface area is 91.2 Å². The molecule has 3 rings (SSSR count). The molecule has 3 heterocycles. The second-order valence-corrected chi connectivity index (χ2v) is 4.17. The summed E-state index contributed by atoms with van der Waals surface area (Å²) in [5.41, 5.74) is 2.20. The average molecular weight is 215 g/mol. The molecule has 0 unspecified atom stereocenters. The predicted octanol–water partition coefficient (Wildman–Crippen LogP) is 4.00. The van der Waals surface area contributed by atoms with Crippen molar-refractivity contribution in [1.29, 1.82) is 0 Å². The number of thiophene rings is 1. The topological polar surface area (TPSA) is 28.9 Å². The summed E-state index contributed by atoms with van der Waals surface area (Å²) < 4.78 is 5.52. The van der Waals surface area contributed by atoms with E-state index in [1.807, 2.05) is 30.5 Å². The van der Waals surface area contributed by atoms with Crippen LogP contribution in [-0.2, 0) is 0 Å². The fourth-order valence-corrected chi connectivity index (χ4v) is 2.34. The van der Waals surface area contributed by atoms with Crippen molar-refractivity contribution < 1.29 is 4.42 Å². The third-order valence-electron chi connectivity index (χ3n) is 2.30. The van der Waals surface area contributed by atoms with Gasteiger partial charge in [0, 0.05) is 17.5 Å². The van der Waals surface area contributed by atoms with E-state index in [1.54, 1.807) is 17.6 Å². The molecule has 2 nitrogen and oxygen atoms in total. The van der Waals surface area contributed by atoms with Crippen molar-refractivity contribution >= 4 is 11.3 Å². The van der Waals surface area contributed by atoms with Gasteiger partial charge in [-0.1, -0.05) is 6.07 Å². The van der Waals surface area contributed by atoms with Gasteiger partial charge in [-0.2, -0.15) is 0 Å². The smallest absolute Gasteiger partial charge is 0.153 e. The standard InChI is InChI=1S/C12H9NOS/c1-3-10(13-6-1)9-5-7-14-12(9)11-4-2-8-15-11/h1-8,13H. The number of H-pyrrole nitrogens is 1. The Bertz CT molecular complexity index is 485. The molecule has 0 saturated carbocycles. The largest absolute Gasteiger partial charge is 0.463 e. The summed E-state index contributed by atoms with van der Waals surface area (Å²) in [7, 11) is 0. The van der Waals surface area contributed by atoms with Gasteiger partial charge in [0.2, 0.25) is 0 Å². The molecule has 0 fully saturated rings. The molecular formula is C12H9NOS. The molecule has 0 aliphatic heterocycles. The zero-order chi connectivity index (χ0) is 10.1. The number of aromatic amines is 1. The summed E-state index contributed by atoms with van der Waals surface area (Å²) in [6, 6.07) is 10.1. The zero-order valence-electron chi connectivity index (χ0n) is 7.94. The zero-order valence-corrected chi connectivity index (χ0v) is 8.75. The van der Waals surface area contributed by atoms with Gasteiger partial charge in [-0.3, -0.25) is 0 Å². The van der Waals surface area contributed by atoms with Crippen LogP contribution in [0.4, 0.5) is 0 Å². The van der Waals surface area contributed by atoms with Crippen LogP contribution in [0.3, 0.4) is 0 Å². The maximum Gasteiger partial charge on any atom is 0.153 e. The van der Waals surface area contributed by atoms with Crippen LogP contribution >= 0.6 is 11.3 Å². The van der Waals surface area contributed by atoms with Gasteiger partial charge in [0.15, 0.2) is 5.76 Å². The minimum absolute atomic E-state index is 0.937. The first-order valence-electron chi connectivity index (χ1n) is 4.70. The highest BCUT2D eigenvalue weighted by molar-refractivity contribution is 7.13. The van der Waals surface area contributed by atoms with Gasteiger partial charge in [0.1, 0.15) is 0 Å². The van der Waals surface area contributed by atoms with E-state index in [-0.39, 0.29) is 0 Å². The van der Waals surface area contributed by atoms with Crippen LogP contribution in [-0.4, -0.2) is 4.98 Å². The maximum atomic E-state index is 5.52. The number of hydrogen-bond donors (Lipinski definition) is 1. The van der Waals surface area contributed by atoms with Crippen LogP contribution < -0.4 is 0 Å². The first-order chi connectivity index (χ1) is 7.45. The molecule has 0 bridgehead atoms. The summed E-state index contributed by atoms with van der Waals surface area (Å²) in [6.07, 6.45) is 3.64. The van der Waals surface area contributed by atoms with Gasteiger partial charge in [-0.15, -0.1) is 11.3 Å². The lowest BCUT2D eigenvalue weighted by Gasteiger charge is -1.97. The Kier molecular flexibility index (Phi) is 1.96. The first-order valence-corrected chi connectivity index (χ1v) is 5.58. The van der Waals surface area contributed by atoms with Crippen molar-refractivity contribution in [1.82, 2.24) is 4.98 Å². The lowest BCUT2D eigenvalue weighted by atomic mass is 10.1. The molecule has 0 radical (unpaired) electrons. The molecule has 0 saturated heterocycles. The molecule has 3 heteroatoms. The third kappa shape index (κ3) is 1.41. The molecule has 3 aromatic heterocycles. The van der Waals surface area contributed by atoms with Crippen LogP contribution in [0.2, 0.25) is 0 Å². The summed E-state index contributed by atoms with van der Waals surface area (Å²) in [6.45, 7) is 0. The lowest BCUT2D eigenvalue weighted by Crippen LogP contribution is -1.75. The second kappa shape index (κ2) is 3.44. The molecule has 1 N–H and O–H groups in total. The Morgan fingerprint density at radius 1 is 1.13 bits per heavy atom. The van der Waals surface area contributed by atoms with Gasteiger partial charge in [0.05, 0.1) is 11.1 Å². The monoisotopic (exact) mass is 215 g/mol. The highest BCUT2D eigenvalue weighted by atomic mass is 32.1. The van der Waals surface area contributed by atoms with Crippen LogP contribution in [0.1, 0.15) is 0 Å². The third-order valence-corrected chi connectivity index (χ3v) is 3.17. The fraction of sp³-hybridized carbons (Fsp3) is 0. The van der Waals surface area contributed by atoms with Crippen molar-refractivity contribution in [3.05, 3.63) is 48.2 Å². The molecule has 0 aliphatic rings. The SMILES string of the molecule is c1c[nH]c(-c2ccoc2-c2cccs2)c1. The normalized spacial score (nSPS) is 10.7. The number of aromatic nitrogens is 1. The van der Waals surface area contributed by atoms with Crippen molar-refractivity contribution in [3.63, 3.8) is 0 Å². The fourth-order valence-electron chi connectivity index (χ4n) is 1.62. The van der Waals surface area contributed by atoms with Gasteiger partial charge in [-0.25, -0.2) is 0 Å². The van der Waals surface area contributed by atoms with Gasteiger partial charge >= 0.3 is 0 Å².